The minimum absolute atomic E-state index is 0.925. The van der Waals surface area contributed by atoms with Gasteiger partial charge in [-0.2, -0.15) is 0 Å². The molecule has 0 atom stereocenters. The maximum atomic E-state index is 4.25. The van der Waals surface area contributed by atoms with Crippen LogP contribution in [-0.4, -0.2) is 12.8 Å². The average Bonchev–Trinajstić information content (AvgIpc) is 2.27. The first-order valence-corrected chi connectivity index (χ1v) is 4.38. The molecule has 12 heavy (non-hydrogen) atoms. The minimum Gasteiger partial charge on any atom is -0.297 e. The lowest BCUT2D eigenvalue weighted by Crippen LogP contribution is -1.85. The zero-order chi connectivity index (χ0) is 8.81. The van der Waals surface area contributed by atoms with E-state index in [9.17, 15) is 0 Å². The van der Waals surface area contributed by atoms with Gasteiger partial charge in [-0.25, -0.2) is 0 Å². The van der Waals surface area contributed by atoms with Crippen LogP contribution in [0.25, 0.3) is 0 Å². The third kappa shape index (κ3) is 2.52. The maximum absolute atomic E-state index is 4.25. The molecule has 1 aliphatic heterocycles. The predicted octanol–water partition coefficient (Wildman–Crippen LogP) is 2.90. The molecule has 0 radical (unpaired) electrons. The number of hydrogen-bond donors (Lipinski definition) is 0. The zero-order valence-corrected chi connectivity index (χ0v) is 7.80. The van der Waals surface area contributed by atoms with Crippen molar-refractivity contribution in [2.75, 3.05) is 6.54 Å². The SMILES string of the molecule is CC=C=CC1=C(C)CC=NCC1. The van der Waals surface area contributed by atoms with Crippen LogP contribution < -0.4 is 0 Å². The van der Waals surface area contributed by atoms with Gasteiger partial charge in [0.2, 0.25) is 0 Å². The minimum atomic E-state index is 0.925. The molecular weight excluding hydrogens is 146 g/mol. The first-order valence-electron chi connectivity index (χ1n) is 4.38. The molecule has 0 aromatic rings. The molecule has 0 unspecified atom stereocenters. The molecule has 0 saturated carbocycles. The van der Waals surface area contributed by atoms with Crippen molar-refractivity contribution >= 4 is 6.21 Å². The summed E-state index contributed by atoms with van der Waals surface area (Å²) >= 11 is 0. The van der Waals surface area contributed by atoms with Gasteiger partial charge in [-0.1, -0.05) is 5.57 Å². The fourth-order valence-corrected chi connectivity index (χ4v) is 1.20. The molecule has 0 N–H and O–H groups in total. The number of allylic oxidation sites excluding steroid dienone is 2. The second-order valence-electron chi connectivity index (χ2n) is 2.95. The first-order chi connectivity index (χ1) is 5.84. The van der Waals surface area contributed by atoms with Crippen LogP contribution in [0.1, 0.15) is 26.7 Å². The van der Waals surface area contributed by atoms with E-state index in [4.69, 9.17) is 0 Å². The van der Waals surface area contributed by atoms with Gasteiger partial charge in [0.05, 0.1) is 0 Å². The van der Waals surface area contributed by atoms with Gasteiger partial charge in [-0.05, 0) is 38.0 Å². The Morgan fingerprint density at radius 1 is 1.58 bits per heavy atom. The predicted molar refractivity (Wildman–Crippen MR) is 53.6 cm³/mol. The number of hydrogen-bond acceptors (Lipinski definition) is 1. The highest BCUT2D eigenvalue weighted by Gasteiger charge is 2.00. The van der Waals surface area contributed by atoms with Crippen LogP contribution >= 0.6 is 0 Å². The molecule has 0 saturated heterocycles. The highest BCUT2D eigenvalue weighted by molar-refractivity contribution is 5.62. The maximum Gasteiger partial charge on any atom is 0.0426 e. The molecule has 0 amide bonds. The Kier molecular flexibility index (Phi) is 3.56. The van der Waals surface area contributed by atoms with Crippen LogP contribution in [-0.2, 0) is 0 Å². The summed E-state index contributed by atoms with van der Waals surface area (Å²) in [5.74, 6) is 0. The van der Waals surface area contributed by atoms with E-state index in [0.717, 1.165) is 19.4 Å². The average molecular weight is 161 g/mol. The van der Waals surface area contributed by atoms with Crippen molar-refractivity contribution in [3.8, 4) is 0 Å². The molecule has 0 fully saturated rings. The molecule has 1 aliphatic rings. The summed E-state index contributed by atoms with van der Waals surface area (Å²) in [7, 11) is 0. The molecule has 64 valence electrons. The molecule has 0 aliphatic carbocycles. The van der Waals surface area contributed by atoms with Gasteiger partial charge in [-0.15, -0.1) is 5.73 Å². The van der Waals surface area contributed by atoms with Gasteiger partial charge >= 0.3 is 0 Å². The Balaban J connectivity index is 2.80. The Morgan fingerprint density at radius 3 is 3.17 bits per heavy atom. The summed E-state index contributed by atoms with van der Waals surface area (Å²) in [5, 5.41) is 0. The van der Waals surface area contributed by atoms with Crippen molar-refractivity contribution in [3.63, 3.8) is 0 Å². The van der Waals surface area contributed by atoms with Gasteiger partial charge in [-0.3, -0.25) is 4.99 Å². The summed E-state index contributed by atoms with van der Waals surface area (Å²) < 4.78 is 0. The smallest absolute Gasteiger partial charge is 0.0426 e. The second kappa shape index (κ2) is 4.74. The fraction of sp³-hybridized carbons (Fsp3) is 0.455. The van der Waals surface area contributed by atoms with E-state index in [1.165, 1.54) is 11.1 Å². The van der Waals surface area contributed by atoms with Gasteiger partial charge in [0.25, 0.3) is 0 Å². The summed E-state index contributed by atoms with van der Waals surface area (Å²) in [4.78, 5) is 4.25. The van der Waals surface area contributed by atoms with Crippen LogP contribution in [0.4, 0.5) is 0 Å². The van der Waals surface area contributed by atoms with Crippen LogP contribution in [0.2, 0.25) is 0 Å². The summed E-state index contributed by atoms with van der Waals surface area (Å²) in [6.07, 6.45) is 8.07. The Labute approximate surface area is 74.2 Å². The van der Waals surface area contributed by atoms with E-state index in [2.05, 4.69) is 23.7 Å². The molecule has 0 bridgehead atoms. The van der Waals surface area contributed by atoms with Crippen LogP contribution in [0.3, 0.4) is 0 Å². The van der Waals surface area contributed by atoms with Crippen molar-refractivity contribution in [1.29, 1.82) is 0 Å². The first kappa shape index (κ1) is 9.02. The Bertz CT molecular complexity index is 263. The van der Waals surface area contributed by atoms with E-state index in [-0.39, 0.29) is 0 Å². The summed E-state index contributed by atoms with van der Waals surface area (Å²) in [6.45, 7) is 5.08. The summed E-state index contributed by atoms with van der Waals surface area (Å²) in [5.41, 5.74) is 5.93. The number of nitrogens with zero attached hydrogens (tertiary/aromatic N) is 1. The van der Waals surface area contributed by atoms with Crippen molar-refractivity contribution in [2.45, 2.75) is 26.7 Å². The lowest BCUT2D eigenvalue weighted by Gasteiger charge is -1.99. The normalized spacial score (nSPS) is 16.8. The van der Waals surface area contributed by atoms with E-state index in [0.29, 0.717) is 0 Å². The third-order valence-corrected chi connectivity index (χ3v) is 2.01. The summed E-state index contributed by atoms with van der Waals surface area (Å²) in [6, 6.07) is 0. The van der Waals surface area contributed by atoms with E-state index in [1.807, 2.05) is 19.2 Å². The fourth-order valence-electron chi connectivity index (χ4n) is 1.20. The highest BCUT2D eigenvalue weighted by atomic mass is 14.7. The molecular formula is C11H15N. The van der Waals surface area contributed by atoms with Gasteiger partial charge in [0, 0.05) is 19.2 Å². The molecule has 1 rings (SSSR count). The van der Waals surface area contributed by atoms with E-state index >= 15 is 0 Å². The lowest BCUT2D eigenvalue weighted by atomic mass is 10.1. The zero-order valence-electron chi connectivity index (χ0n) is 7.80. The Hall–Kier alpha value is -1.07. The third-order valence-electron chi connectivity index (χ3n) is 2.01. The van der Waals surface area contributed by atoms with Gasteiger partial charge in [0.1, 0.15) is 0 Å². The number of rotatable bonds is 1. The second-order valence-corrected chi connectivity index (χ2v) is 2.95. The van der Waals surface area contributed by atoms with Crippen molar-refractivity contribution in [2.24, 2.45) is 4.99 Å². The molecule has 0 aromatic heterocycles. The molecule has 1 nitrogen and oxygen atoms in total. The van der Waals surface area contributed by atoms with Crippen molar-refractivity contribution < 1.29 is 0 Å². The van der Waals surface area contributed by atoms with Crippen LogP contribution in [0.5, 0.6) is 0 Å². The van der Waals surface area contributed by atoms with Crippen LogP contribution in [0, 0.1) is 0 Å². The molecule has 0 spiro atoms. The lowest BCUT2D eigenvalue weighted by molar-refractivity contribution is 0.976. The molecule has 1 heteroatoms. The van der Waals surface area contributed by atoms with Crippen molar-refractivity contribution in [3.05, 3.63) is 29.0 Å². The standard InChI is InChI=1S/C11H15N/c1-3-4-5-11-7-9-12-8-6-10(11)2/h3,5,8H,6-7,9H2,1-2H3. The van der Waals surface area contributed by atoms with Gasteiger partial charge in [0.15, 0.2) is 0 Å². The molecule has 1 heterocycles. The molecule has 0 aromatic carbocycles. The Morgan fingerprint density at radius 2 is 2.42 bits per heavy atom. The largest absolute Gasteiger partial charge is 0.297 e. The van der Waals surface area contributed by atoms with E-state index < -0.39 is 0 Å². The topological polar surface area (TPSA) is 12.4 Å². The quantitative estimate of drug-likeness (QED) is 0.524. The number of aliphatic imine (C=N–C) groups is 1. The van der Waals surface area contributed by atoms with E-state index in [1.54, 1.807) is 0 Å². The van der Waals surface area contributed by atoms with Crippen LogP contribution in [0.15, 0.2) is 34.0 Å². The van der Waals surface area contributed by atoms with Crippen molar-refractivity contribution in [1.82, 2.24) is 0 Å². The monoisotopic (exact) mass is 161 g/mol. The van der Waals surface area contributed by atoms with Gasteiger partial charge < -0.3 is 0 Å². The highest BCUT2D eigenvalue weighted by Crippen LogP contribution is 2.15.